The summed E-state index contributed by atoms with van der Waals surface area (Å²) in [5.74, 6) is 0. The molecule has 2 heteroatoms. The van der Waals surface area contributed by atoms with E-state index in [0.717, 1.165) is 0 Å². The molecule has 0 atom stereocenters. The lowest BCUT2D eigenvalue weighted by Gasteiger charge is -1.96. The van der Waals surface area contributed by atoms with Crippen molar-refractivity contribution in [1.29, 1.82) is 0 Å². The molecule has 2 radical (unpaired) electrons. The van der Waals surface area contributed by atoms with E-state index in [1.807, 2.05) is 6.92 Å². The molecule has 6 heavy (non-hydrogen) atoms. The Morgan fingerprint density at radius 2 is 2.50 bits per heavy atom. The fourth-order valence-electron chi connectivity index (χ4n) is 0.185. The molecule has 0 aromatic rings. The van der Waals surface area contributed by atoms with E-state index in [-0.39, 0.29) is 5.66 Å². The number of rotatable bonds is 2. The zero-order valence-corrected chi connectivity index (χ0v) is 3.90. The predicted octanol–water partition coefficient (Wildman–Crippen LogP) is 0.663. The van der Waals surface area contributed by atoms with Crippen LogP contribution < -0.4 is 0 Å². The van der Waals surface area contributed by atoms with Crippen molar-refractivity contribution < 1.29 is 4.74 Å². The summed E-state index contributed by atoms with van der Waals surface area (Å²) in [4.78, 5) is 0. The third kappa shape index (κ3) is 3.60. The van der Waals surface area contributed by atoms with Crippen LogP contribution in [0.15, 0.2) is 12.2 Å². The lowest BCUT2D eigenvalue weighted by molar-refractivity contribution is 0.256. The van der Waals surface area contributed by atoms with Gasteiger partial charge < -0.3 is 4.74 Å². The van der Waals surface area contributed by atoms with Gasteiger partial charge in [0.05, 0.1) is 6.61 Å². The fraction of sp³-hybridized carbons (Fsp3) is 0.500. The maximum absolute atomic E-state index is 4.99. The van der Waals surface area contributed by atoms with Gasteiger partial charge in [-0.05, 0) is 6.92 Å². The summed E-state index contributed by atoms with van der Waals surface area (Å²) in [5, 5.41) is 0. The van der Waals surface area contributed by atoms with Crippen LogP contribution in [0.25, 0.3) is 0 Å². The Labute approximate surface area is 39.4 Å². The average Bonchev–Trinajstić information content (AvgIpc) is 1.35. The van der Waals surface area contributed by atoms with E-state index in [1.54, 1.807) is 0 Å². The normalized spacial score (nSPS) is 7.50. The van der Waals surface area contributed by atoms with E-state index < -0.39 is 0 Å². The van der Waals surface area contributed by atoms with E-state index in [1.165, 1.54) is 0 Å². The van der Waals surface area contributed by atoms with E-state index in [9.17, 15) is 0 Å². The molecule has 0 spiro atoms. The van der Waals surface area contributed by atoms with Gasteiger partial charge in [0.2, 0.25) is 0 Å². The van der Waals surface area contributed by atoms with Crippen molar-refractivity contribution in [3.63, 3.8) is 0 Å². The Kier molecular flexibility index (Phi) is 2.64. The van der Waals surface area contributed by atoms with Crippen molar-refractivity contribution in [3.05, 3.63) is 12.2 Å². The molecule has 0 rings (SSSR count). The molecule has 0 saturated carbocycles. The molecule has 32 valence electrons. The second-order valence-electron chi connectivity index (χ2n) is 0.899. The number of ether oxygens (including phenoxy) is 1. The Hall–Kier alpha value is -0.395. The predicted molar refractivity (Wildman–Crippen MR) is 26.5 cm³/mol. The molecule has 0 heterocycles. The molecule has 0 aromatic heterocycles. The Morgan fingerprint density at radius 1 is 2.00 bits per heavy atom. The molecule has 1 nitrogen and oxygen atoms in total. The second-order valence-corrected chi connectivity index (χ2v) is 0.899. The lowest BCUT2D eigenvalue weighted by Crippen LogP contribution is -1.86. The standard InChI is InChI=1S/C4H7BO/c1-3-6-4(2)5/h2-3H2,1H3. The highest BCUT2D eigenvalue weighted by Gasteiger charge is 1.73. The van der Waals surface area contributed by atoms with Crippen LogP contribution in [0.3, 0.4) is 0 Å². The van der Waals surface area contributed by atoms with Crippen LogP contribution in [0, 0.1) is 0 Å². The molecule has 0 aromatic carbocycles. The average molecular weight is 81.9 g/mol. The van der Waals surface area contributed by atoms with Crippen LogP contribution in [0.1, 0.15) is 6.92 Å². The van der Waals surface area contributed by atoms with Gasteiger partial charge in [-0.1, -0.05) is 6.58 Å². The zero-order chi connectivity index (χ0) is 4.99. The van der Waals surface area contributed by atoms with Gasteiger partial charge in [-0.2, -0.15) is 0 Å². The molecular weight excluding hydrogens is 74.9 g/mol. The van der Waals surface area contributed by atoms with Crippen molar-refractivity contribution >= 4 is 7.85 Å². The van der Waals surface area contributed by atoms with Crippen LogP contribution in [-0.2, 0) is 4.74 Å². The van der Waals surface area contributed by atoms with Crippen molar-refractivity contribution in [1.82, 2.24) is 0 Å². The van der Waals surface area contributed by atoms with Crippen LogP contribution in [0.4, 0.5) is 0 Å². The molecule has 0 saturated heterocycles. The molecule has 0 amide bonds. The zero-order valence-electron chi connectivity index (χ0n) is 3.90. The minimum atomic E-state index is 0.289. The van der Waals surface area contributed by atoms with Crippen LogP contribution >= 0.6 is 0 Å². The molecule has 0 N–H and O–H groups in total. The maximum Gasteiger partial charge on any atom is 0.165 e. The summed E-state index contributed by atoms with van der Waals surface area (Å²) in [6.45, 7) is 5.77. The van der Waals surface area contributed by atoms with Gasteiger partial charge in [0.25, 0.3) is 0 Å². The maximum atomic E-state index is 4.99. The van der Waals surface area contributed by atoms with Crippen molar-refractivity contribution in [2.75, 3.05) is 6.61 Å². The summed E-state index contributed by atoms with van der Waals surface area (Å²) in [5.41, 5.74) is 0.289. The monoisotopic (exact) mass is 82.1 g/mol. The quantitative estimate of drug-likeness (QED) is 0.351. The Morgan fingerprint density at radius 3 is 2.50 bits per heavy atom. The molecule has 0 aliphatic carbocycles. The summed E-state index contributed by atoms with van der Waals surface area (Å²) in [6, 6.07) is 0. The van der Waals surface area contributed by atoms with Gasteiger partial charge in [0.15, 0.2) is 7.85 Å². The molecule has 0 bridgehead atoms. The van der Waals surface area contributed by atoms with Crippen molar-refractivity contribution in [3.8, 4) is 0 Å². The SMILES string of the molecule is [B]C(=C)OCC. The second kappa shape index (κ2) is 2.82. The summed E-state index contributed by atoms with van der Waals surface area (Å²) in [6.07, 6.45) is 0. The molecule has 0 unspecified atom stereocenters. The highest BCUT2D eigenvalue weighted by atomic mass is 16.5. The molecule has 0 aliphatic heterocycles. The summed E-state index contributed by atoms with van der Waals surface area (Å²) in [7, 11) is 4.99. The third-order valence-electron chi connectivity index (χ3n) is 0.330. The first-order valence-electron chi connectivity index (χ1n) is 1.84. The number of hydrogen-bond donors (Lipinski definition) is 0. The fourth-order valence-corrected chi connectivity index (χ4v) is 0.185. The summed E-state index contributed by atoms with van der Waals surface area (Å²) < 4.78 is 4.62. The first kappa shape index (κ1) is 5.60. The van der Waals surface area contributed by atoms with Gasteiger partial charge >= 0.3 is 0 Å². The van der Waals surface area contributed by atoms with Gasteiger partial charge in [0.1, 0.15) is 0 Å². The van der Waals surface area contributed by atoms with Gasteiger partial charge in [0, 0.05) is 5.66 Å². The topological polar surface area (TPSA) is 9.23 Å². The van der Waals surface area contributed by atoms with Crippen LogP contribution in [0.5, 0.6) is 0 Å². The highest BCUT2D eigenvalue weighted by molar-refractivity contribution is 6.19. The first-order valence-corrected chi connectivity index (χ1v) is 1.84. The van der Waals surface area contributed by atoms with Crippen LogP contribution in [0.2, 0.25) is 0 Å². The summed E-state index contributed by atoms with van der Waals surface area (Å²) >= 11 is 0. The molecule has 0 fully saturated rings. The Balaban J connectivity index is 2.83. The smallest absolute Gasteiger partial charge is 0.165 e. The van der Waals surface area contributed by atoms with E-state index in [2.05, 4.69) is 11.3 Å². The highest BCUT2D eigenvalue weighted by Crippen LogP contribution is 1.80. The van der Waals surface area contributed by atoms with Crippen molar-refractivity contribution in [2.24, 2.45) is 0 Å². The number of hydrogen-bond acceptors (Lipinski definition) is 1. The molecule has 0 aliphatic rings. The minimum absolute atomic E-state index is 0.289. The van der Waals surface area contributed by atoms with Crippen molar-refractivity contribution in [2.45, 2.75) is 6.92 Å². The molecular formula is C4H7BO. The van der Waals surface area contributed by atoms with E-state index >= 15 is 0 Å². The largest absolute Gasteiger partial charge is 0.511 e. The van der Waals surface area contributed by atoms with E-state index in [4.69, 9.17) is 7.85 Å². The lowest BCUT2D eigenvalue weighted by atomic mass is 10.1. The first-order chi connectivity index (χ1) is 2.77. The van der Waals surface area contributed by atoms with E-state index in [0.29, 0.717) is 6.61 Å². The Bertz CT molecular complexity index is 51.5. The minimum Gasteiger partial charge on any atom is -0.511 e. The van der Waals surface area contributed by atoms with Gasteiger partial charge in [-0.3, -0.25) is 0 Å². The van der Waals surface area contributed by atoms with Gasteiger partial charge in [-0.25, -0.2) is 0 Å². The third-order valence-corrected chi connectivity index (χ3v) is 0.330. The van der Waals surface area contributed by atoms with Crippen LogP contribution in [-0.4, -0.2) is 14.5 Å². The van der Waals surface area contributed by atoms with Gasteiger partial charge in [-0.15, -0.1) is 0 Å².